The normalized spacial score (nSPS) is 10.5. The summed E-state index contributed by atoms with van der Waals surface area (Å²) < 4.78 is 0. The molecular formula is C13H15ClN2S. The van der Waals surface area contributed by atoms with E-state index in [4.69, 9.17) is 11.6 Å². The van der Waals surface area contributed by atoms with Gasteiger partial charge in [0.25, 0.3) is 0 Å². The monoisotopic (exact) mass is 266 g/mol. The van der Waals surface area contributed by atoms with Gasteiger partial charge in [-0.1, -0.05) is 6.07 Å². The minimum Gasteiger partial charge on any atom is -0.359 e. The van der Waals surface area contributed by atoms with Gasteiger partial charge in [-0.3, -0.25) is 0 Å². The second kappa shape index (κ2) is 6.03. The van der Waals surface area contributed by atoms with Crippen molar-refractivity contribution in [3.05, 3.63) is 46.3 Å². The first-order valence-electron chi connectivity index (χ1n) is 5.54. The van der Waals surface area contributed by atoms with Crippen LogP contribution < -0.4 is 4.90 Å². The maximum atomic E-state index is 5.82. The van der Waals surface area contributed by atoms with Gasteiger partial charge in [0, 0.05) is 30.5 Å². The van der Waals surface area contributed by atoms with Crippen molar-refractivity contribution in [1.82, 2.24) is 4.98 Å². The Morgan fingerprint density at radius 2 is 2.29 bits per heavy atom. The Hall–Kier alpha value is -1.06. The summed E-state index contributed by atoms with van der Waals surface area (Å²) in [6, 6.07) is 8.25. The average Bonchev–Trinajstić information content (AvgIpc) is 2.89. The average molecular weight is 267 g/mol. The summed E-state index contributed by atoms with van der Waals surface area (Å²) in [4.78, 5) is 7.93. The number of halogens is 1. The summed E-state index contributed by atoms with van der Waals surface area (Å²) >= 11 is 7.62. The van der Waals surface area contributed by atoms with Gasteiger partial charge in [-0.2, -0.15) is 0 Å². The van der Waals surface area contributed by atoms with Crippen molar-refractivity contribution in [3.63, 3.8) is 0 Å². The highest BCUT2D eigenvalue weighted by molar-refractivity contribution is 7.09. The largest absolute Gasteiger partial charge is 0.359 e. The Bertz CT molecular complexity index is 456. The fourth-order valence-electron chi connectivity index (χ4n) is 1.60. The smallest absolute Gasteiger partial charge is 0.128 e. The van der Waals surface area contributed by atoms with Gasteiger partial charge in [-0.05, 0) is 35.6 Å². The topological polar surface area (TPSA) is 16.1 Å². The molecule has 0 bridgehead atoms. The van der Waals surface area contributed by atoms with Crippen molar-refractivity contribution in [2.75, 3.05) is 18.5 Å². The Morgan fingerprint density at radius 1 is 1.41 bits per heavy atom. The second-order valence-electron chi connectivity index (χ2n) is 3.91. The molecule has 0 aliphatic rings. The molecule has 2 nitrogen and oxygen atoms in total. The summed E-state index contributed by atoms with van der Waals surface area (Å²) in [7, 11) is 2.06. The first-order valence-corrected chi connectivity index (χ1v) is 6.95. The van der Waals surface area contributed by atoms with E-state index in [0.717, 1.165) is 24.3 Å². The molecule has 0 amide bonds. The Labute approximate surface area is 111 Å². The molecule has 2 rings (SSSR count). The van der Waals surface area contributed by atoms with Crippen LogP contribution in [0.1, 0.15) is 10.4 Å². The molecule has 0 aliphatic heterocycles. The molecule has 0 fully saturated rings. The van der Waals surface area contributed by atoms with E-state index in [1.54, 1.807) is 11.3 Å². The van der Waals surface area contributed by atoms with Gasteiger partial charge in [-0.25, -0.2) is 4.98 Å². The van der Waals surface area contributed by atoms with Gasteiger partial charge in [-0.15, -0.1) is 22.9 Å². The standard InChI is InChI=1S/C13H15ClN2S/c1-16(7-5-12-3-2-8-17-12)13-9-11(10-14)4-6-15-13/h2-4,6,8-9H,5,7,10H2,1H3. The quantitative estimate of drug-likeness (QED) is 0.770. The van der Waals surface area contributed by atoms with Crippen molar-refractivity contribution in [1.29, 1.82) is 0 Å². The molecule has 90 valence electrons. The number of pyridine rings is 1. The molecule has 0 radical (unpaired) electrons. The van der Waals surface area contributed by atoms with E-state index in [-0.39, 0.29) is 0 Å². The second-order valence-corrected chi connectivity index (χ2v) is 5.21. The van der Waals surface area contributed by atoms with Crippen LogP contribution in [0.4, 0.5) is 5.82 Å². The van der Waals surface area contributed by atoms with Crippen LogP contribution in [0, 0.1) is 0 Å². The number of aromatic nitrogens is 1. The van der Waals surface area contributed by atoms with Crippen LogP contribution in [0.25, 0.3) is 0 Å². The number of anilines is 1. The lowest BCUT2D eigenvalue weighted by Gasteiger charge is -2.18. The molecule has 0 aliphatic carbocycles. The highest BCUT2D eigenvalue weighted by atomic mass is 35.5. The molecule has 0 aromatic carbocycles. The number of rotatable bonds is 5. The van der Waals surface area contributed by atoms with Crippen LogP contribution in [0.15, 0.2) is 35.8 Å². The molecule has 0 saturated carbocycles. The lowest BCUT2D eigenvalue weighted by atomic mass is 10.2. The summed E-state index contributed by atoms with van der Waals surface area (Å²) in [6.45, 7) is 0.971. The number of alkyl halides is 1. The maximum absolute atomic E-state index is 5.82. The summed E-state index contributed by atoms with van der Waals surface area (Å²) in [5.41, 5.74) is 1.11. The minimum atomic E-state index is 0.536. The highest BCUT2D eigenvalue weighted by Crippen LogP contribution is 2.15. The van der Waals surface area contributed by atoms with Crippen LogP contribution >= 0.6 is 22.9 Å². The third-order valence-electron chi connectivity index (χ3n) is 2.63. The first-order chi connectivity index (χ1) is 8.29. The number of thiophene rings is 1. The molecular weight excluding hydrogens is 252 g/mol. The van der Waals surface area contributed by atoms with E-state index in [0.29, 0.717) is 5.88 Å². The Morgan fingerprint density at radius 3 is 3.00 bits per heavy atom. The van der Waals surface area contributed by atoms with E-state index in [9.17, 15) is 0 Å². The van der Waals surface area contributed by atoms with Crippen molar-refractivity contribution in [2.24, 2.45) is 0 Å². The summed E-state index contributed by atoms with van der Waals surface area (Å²) in [5, 5.41) is 2.11. The SMILES string of the molecule is CN(CCc1cccs1)c1cc(CCl)ccn1. The lowest BCUT2D eigenvalue weighted by molar-refractivity contribution is 0.868. The molecule has 4 heteroatoms. The van der Waals surface area contributed by atoms with E-state index in [1.807, 2.05) is 18.3 Å². The minimum absolute atomic E-state index is 0.536. The predicted molar refractivity (Wildman–Crippen MR) is 75.1 cm³/mol. The number of hydrogen-bond donors (Lipinski definition) is 0. The maximum Gasteiger partial charge on any atom is 0.128 e. The van der Waals surface area contributed by atoms with Crippen LogP contribution in [-0.2, 0) is 12.3 Å². The van der Waals surface area contributed by atoms with E-state index >= 15 is 0 Å². The number of likely N-dealkylation sites (N-methyl/N-ethyl adjacent to an activating group) is 1. The van der Waals surface area contributed by atoms with Crippen LogP contribution in [0.3, 0.4) is 0 Å². The van der Waals surface area contributed by atoms with Gasteiger partial charge in [0.1, 0.15) is 5.82 Å². The zero-order chi connectivity index (χ0) is 12.1. The zero-order valence-corrected chi connectivity index (χ0v) is 11.3. The molecule has 17 heavy (non-hydrogen) atoms. The zero-order valence-electron chi connectivity index (χ0n) is 9.77. The fourth-order valence-corrected chi connectivity index (χ4v) is 2.46. The molecule has 0 spiro atoms. The third kappa shape index (κ3) is 3.45. The highest BCUT2D eigenvalue weighted by Gasteiger charge is 2.04. The van der Waals surface area contributed by atoms with Crippen LogP contribution in [0.5, 0.6) is 0 Å². The number of nitrogens with zero attached hydrogens (tertiary/aromatic N) is 2. The van der Waals surface area contributed by atoms with Gasteiger partial charge in [0.2, 0.25) is 0 Å². The summed E-state index contributed by atoms with van der Waals surface area (Å²) in [5.74, 6) is 1.52. The van der Waals surface area contributed by atoms with Crippen molar-refractivity contribution in [3.8, 4) is 0 Å². The Balaban J connectivity index is 1.96. The first kappa shape index (κ1) is 12.4. The summed E-state index contributed by atoms with van der Waals surface area (Å²) in [6.07, 6.45) is 2.87. The van der Waals surface area contributed by atoms with Crippen molar-refractivity contribution < 1.29 is 0 Å². The van der Waals surface area contributed by atoms with Crippen molar-refractivity contribution >= 4 is 28.8 Å². The third-order valence-corrected chi connectivity index (χ3v) is 3.87. The fraction of sp³-hybridized carbons (Fsp3) is 0.308. The molecule has 2 heterocycles. The lowest BCUT2D eigenvalue weighted by Crippen LogP contribution is -2.21. The molecule has 2 aromatic heterocycles. The van der Waals surface area contributed by atoms with E-state index in [2.05, 4.69) is 34.4 Å². The van der Waals surface area contributed by atoms with E-state index < -0.39 is 0 Å². The van der Waals surface area contributed by atoms with Crippen LogP contribution in [-0.4, -0.2) is 18.6 Å². The van der Waals surface area contributed by atoms with Crippen molar-refractivity contribution in [2.45, 2.75) is 12.3 Å². The van der Waals surface area contributed by atoms with Gasteiger partial charge in [0.05, 0.1) is 0 Å². The van der Waals surface area contributed by atoms with Gasteiger partial charge in [0.15, 0.2) is 0 Å². The molecule has 0 N–H and O–H groups in total. The van der Waals surface area contributed by atoms with Gasteiger partial charge < -0.3 is 4.90 Å². The van der Waals surface area contributed by atoms with Crippen LogP contribution in [0.2, 0.25) is 0 Å². The molecule has 0 unspecified atom stereocenters. The molecule has 0 saturated heterocycles. The molecule has 0 atom stereocenters. The predicted octanol–water partition coefficient (Wildman–Crippen LogP) is 3.56. The Kier molecular flexibility index (Phi) is 4.40. The number of hydrogen-bond acceptors (Lipinski definition) is 3. The van der Waals surface area contributed by atoms with E-state index in [1.165, 1.54) is 4.88 Å². The molecule has 2 aromatic rings. The van der Waals surface area contributed by atoms with Gasteiger partial charge >= 0.3 is 0 Å².